The molecule has 0 spiro atoms. The second kappa shape index (κ2) is 11.7. The summed E-state index contributed by atoms with van der Waals surface area (Å²) < 4.78 is 18.9. The van der Waals surface area contributed by atoms with Crippen LogP contribution in [0.2, 0.25) is 5.02 Å². The normalized spacial score (nSPS) is 18.9. The van der Waals surface area contributed by atoms with Gasteiger partial charge >= 0.3 is 0 Å². The second-order valence-electron chi connectivity index (χ2n) is 11.3. The summed E-state index contributed by atoms with van der Waals surface area (Å²) in [6, 6.07) is 16.9. The van der Waals surface area contributed by atoms with Crippen LogP contribution in [0.4, 0.5) is 4.39 Å². The molecule has 9 nitrogen and oxygen atoms in total. The molecule has 218 valence electrons. The van der Waals surface area contributed by atoms with Gasteiger partial charge in [0.1, 0.15) is 10.8 Å². The lowest BCUT2D eigenvalue weighted by Crippen LogP contribution is -2.37. The van der Waals surface area contributed by atoms with E-state index in [0.29, 0.717) is 16.8 Å². The highest BCUT2D eigenvalue weighted by Gasteiger charge is 2.46. The number of hydrogen-bond donors (Lipinski definition) is 1. The predicted octanol–water partition coefficient (Wildman–Crippen LogP) is 5.43. The van der Waals surface area contributed by atoms with Crippen molar-refractivity contribution >= 4 is 17.5 Å². The van der Waals surface area contributed by atoms with E-state index < -0.39 is 5.82 Å². The summed E-state index contributed by atoms with van der Waals surface area (Å²) in [5.74, 6) is 0.0367. The fourth-order valence-electron chi connectivity index (χ4n) is 6.16. The maximum absolute atomic E-state index is 15.4. The van der Waals surface area contributed by atoms with Crippen LogP contribution in [0.25, 0.3) is 27.9 Å². The highest BCUT2D eigenvalue weighted by Crippen LogP contribution is 2.47. The summed E-state index contributed by atoms with van der Waals surface area (Å²) in [6.07, 6.45) is 12.0. The lowest BCUT2D eigenvalue weighted by Gasteiger charge is -2.27. The van der Waals surface area contributed by atoms with E-state index in [1.54, 1.807) is 12.3 Å². The number of benzene rings is 2. The maximum atomic E-state index is 15.4. The van der Waals surface area contributed by atoms with Crippen molar-refractivity contribution in [3.63, 3.8) is 0 Å². The molecule has 43 heavy (non-hydrogen) atoms. The quantitative estimate of drug-likeness (QED) is 0.241. The van der Waals surface area contributed by atoms with Gasteiger partial charge in [-0.3, -0.25) is 14.5 Å². The molecule has 11 heteroatoms. The van der Waals surface area contributed by atoms with Crippen molar-refractivity contribution in [1.29, 1.82) is 0 Å². The molecule has 1 aliphatic heterocycles. The number of likely N-dealkylation sites (tertiary alicyclic amines) is 1. The first-order valence-corrected chi connectivity index (χ1v) is 15.1. The molecule has 4 heterocycles. The number of nitrogens with one attached hydrogen (secondary N) is 1. The van der Waals surface area contributed by atoms with E-state index in [-0.39, 0.29) is 28.8 Å². The van der Waals surface area contributed by atoms with Crippen LogP contribution in [-0.2, 0) is 4.79 Å². The molecule has 1 aliphatic carbocycles. The topological polar surface area (TPSA) is 96.5 Å². The number of aromatic nitrogens is 7. The fourth-order valence-corrected chi connectivity index (χ4v) is 6.32. The van der Waals surface area contributed by atoms with Gasteiger partial charge in [0, 0.05) is 42.5 Å². The molecule has 1 amide bonds. The molecule has 7 rings (SSSR count). The number of amides is 1. The number of piperidine rings is 1. The highest BCUT2D eigenvalue weighted by atomic mass is 35.5. The Hall–Kier alpha value is -4.44. The Morgan fingerprint density at radius 1 is 1.02 bits per heavy atom. The standard InChI is InChI=1S/C32H30ClFN8O/c33-26-10-12-28(42-20-36-38-39-42)30(31(26)34)22-9-11-27(35-17-22)29(41-19-24(18-37-41)21-7-3-1-4-8-21)16-23-15-25(23)32(43)40-13-5-2-6-14-40/h1,3-4,7-12,17-20,23,25,29H,2,5-6,13-16H2/p+1/t23-,25+,29?/m1/s1. The largest absolute Gasteiger partial charge is 0.342 e. The van der Waals surface area contributed by atoms with Crippen LogP contribution in [-0.4, -0.2) is 54.2 Å². The number of hydrogen-bond acceptors (Lipinski definition) is 5. The van der Waals surface area contributed by atoms with Gasteiger partial charge < -0.3 is 4.90 Å². The van der Waals surface area contributed by atoms with Gasteiger partial charge in [-0.2, -0.15) is 5.10 Å². The molecule has 2 aromatic carbocycles. The van der Waals surface area contributed by atoms with E-state index in [9.17, 15) is 4.79 Å². The van der Waals surface area contributed by atoms with Crippen molar-refractivity contribution in [3.8, 4) is 27.9 Å². The number of aromatic amines is 1. The first-order chi connectivity index (χ1) is 21.1. The average Bonchev–Trinajstić information content (AvgIpc) is 3.39. The molecule has 0 bridgehead atoms. The van der Waals surface area contributed by atoms with Crippen LogP contribution in [0.15, 0.2) is 79.5 Å². The van der Waals surface area contributed by atoms with Gasteiger partial charge in [0.05, 0.1) is 28.5 Å². The van der Waals surface area contributed by atoms with Crippen molar-refractivity contribution in [3.05, 3.63) is 96.0 Å². The van der Waals surface area contributed by atoms with Crippen LogP contribution in [0.5, 0.6) is 0 Å². The number of nitrogens with zero attached hydrogens (tertiary/aromatic N) is 7. The zero-order valence-electron chi connectivity index (χ0n) is 23.5. The Kier molecular flexibility index (Phi) is 7.44. The summed E-state index contributed by atoms with van der Waals surface area (Å²) in [6.45, 7) is 1.73. The van der Waals surface area contributed by atoms with E-state index >= 15 is 4.39 Å². The van der Waals surface area contributed by atoms with Crippen molar-refractivity contribution in [2.24, 2.45) is 11.8 Å². The van der Waals surface area contributed by atoms with E-state index in [4.69, 9.17) is 21.7 Å². The number of pyridine rings is 1. The van der Waals surface area contributed by atoms with Crippen LogP contribution >= 0.6 is 11.6 Å². The van der Waals surface area contributed by atoms with Gasteiger partial charge in [0.15, 0.2) is 11.0 Å². The Morgan fingerprint density at radius 3 is 2.60 bits per heavy atom. The lowest BCUT2D eigenvalue weighted by atomic mass is 10.0. The van der Waals surface area contributed by atoms with Crippen molar-refractivity contribution in [2.45, 2.75) is 38.1 Å². The monoisotopic (exact) mass is 597 g/mol. The molecule has 3 atom stereocenters. The van der Waals surface area contributed by atoms with Crippen LogP contribution < -0.4 is 4.68 Å². The van der Waals surface area contributed by atoms with E-state index in [1.165, 1.54) is 23.5 Å². The zero-order chi connectivity index (χ0) is 29.3. The van der Waals surface area contributed by atoms with E-state index in [1.807, 2.05) is 52.3 Å². The lowest BCUT2D eigenvalue weighted by molar-refractivity contribution is -0.659. The van der Waals surface area contributed by atoms with E-state index in [0.717, 1.165) is 55.6 Å². The van der Waals surface area contributed by atoms with Crippen LogP contribution in [0.3, 0.4) is 0 Å². The first-order valence-electron chi connectivity index (χ1n) is 14.7. The van der Waals surface area contributed by atoms with Crippen molar-refractivity contribution in [2.75, 3.05) is 13.1 Å². The first kappa shape index (κ1) is 27.4. The van der Waals surface area contributed by atoms with Crippen molar-refractivity contribution < 1.29 is 13.9 Å². The third-order valence-corrected chi connectivity index (χ3v) is 8.88. The Balaban J connectivity index is 1.20. The summed E-state index contributed by atoms with van der Waals surface area (Å²) in [7, 11) is 0. The Labute approximate surface area is 253 Å². The number of carbonyl (C=O) groups is 1. The minimum Gasteiger partial charge on any atom is -0.342 e. The SMILES string of the molecule is O=C([C@H]1C[C@@H]1CC(c1ccc(-c2c(-[n+]3cnn[nH]3)ccc(Cl)c2F)cn1)n1cc(-c2ccccc2)cn1)N1CCCCC1. The summed E-state index contributed by atoms with van der Waals surface area (Å²) in [5.41, 5.74) is 4.25. The molecule has 1 unspecified atom stereocenters. The predicted molar refractivity (Wildman–Crippen MR) is 159 cm³/mol. The number of carbonyl (C=O) groups excluding carboxylic acids is 1. The van der Waals surface area contributed by atoms with Gasteiger partial charge in [-0.15, -0.1) is 4.68 Å². The third kappa shape index (κ3) is 5.54. The van der Waals surface area contributed by atoms with Gasteiger partial charge in [-0.25, -0.2) is 4.39 Å². The smallest absolute Gasteiger partial charge is 0.293 e. The number of tetrazole rings is 1. The molecule has 1 saturated carbocycles. The molecular weight excluding hydrogens is 567 g/mol. The minimum atomic E-state index is -0.552. The van der Waals surface area contributed by atoms with Gasteiger partial charge in [0.25, 0.3) is 6.33 Å². The van der Waals surface area contributed by atoms with Crippen LogP contribution in [0.1, 0.15) is 43.8 Å². The molecule has 2 aliphatic rings. The Bertz CT molecular complexity index is 1720. The van der Waals surface area contributed by atoms with Gasteiger partial charge in [-0.1, -0.05) is 53.2 Å². The van der Waals surface area contributed by atoms with Gasteiger partial charge in [-0.05, 0) is 61.8 Å². The van der Waals surface area contributed by atoms with Crippen LogP contribution in [0, 0.1) is 17.7 Å². The number of rotatable bonds is 8. The summed E-state index contributed by atoms with van der Waals surface area (Å²) >= 11 is 6.18. The molecule has 0 radical (unpaired) electrons. The molecule has 3 aromatic heterocycles. The molecule has 1 saturated heterocycles. The molecule has 2 fully saturated rings. The average molecular weight is 598 g/mol. The maximum Gasteiger partial charge on any atom is 0.293 e. The minimum absolute atomic E-state index is 0.0110. The van der Waals surface area contributed by atoms with E-state index in [2.05, 4.69) is 27.7 Å². The second-order valence-corrected chi connectivity index (χ2v) is 11.8. The van der Waals surface area contributed by atoms with Crippen molar-refractivity contribution in [1.82, 2.24) is 35.2 Å². The summed E-state index contributed by atoms with van der Waals surface area (Å²) in [4.78, 5) is 20.1. The fraction of sp³-hybridized carbons (Fsp3) is 0.312. The molecule has 5 aromatic rings. The van der Waals surface area contributed by atoms with Gasteiger partial charge in [0.2, 0.25) is 5.91 Å². The number of halogens is 2. The number of H-pyrrole nitrogens is 1. The summed E-state index contributed by atoms with van der Waals surface area (Å²) in [5, 5.41) is 15.0. The molecular formula is C32H31ClFN8O+. The zero-order valence-corrected chi connectivity index (χ0v) is 24.2. The Morgan fingerprint density at radius 2 is 1.86 bits per heavy atom. The third-order valence-electron chi connectivity index (χ3n) is 8.59. The highest BCUT2D eigenvalue weighted by molar-refractivity contribution is 6.31. The molecule has 1 N–H and O–H groups in total.